The summed E-state index contributed by atoms with van der Waals surface area (Å²) in [7, 11) is -9.63. The summed E-state index contributed by atoms with van der Waals surface area (Å²) in [4.78, 5) is -2.97. The summed E-state index contributed by atoms with van der Waals surface area (Å²) in [5.74, 6) is -6.58. The van der Waals surface area contributed by atoms with E-state index in [1.165, 1.54) is 0 Å². The Morgan fingerprint density at radius 3 is 1.88 bits per heavy atom. The first-order valence-corrected chi connectivity index (χ1v) is 13.5. The quantitative estimate of drug-likeness (QED) is 0.474. The third kappa shape index (κ3) is 4.68. The minimum atomic E-state index is -5.04. The van der Waals surface area contributed by atoms with Crippen molar-refractivity contribution >= 4 is 25.5 Å². The fraction of sp³-hybridized carbons (Fsp3) is 0.217. The molecule has 0 bridgehead atoms. The summed E-state index contributed by atoms with van der Waals surface area (Å²) in [6.45, 7) is 0. The standard InChI is InChI=1S/C23H21F3N2O4S2/c24-18-19(25)23(33(29,30)11-10-14-6-2-1-3-7-14)21(20(26)22(18)34(27,31)32)28-17-12-15-8-4-5-9-16(15)13-17/h1-9,17,28H,10-13H2,(H2,27,31,32). The van der Waals surface area contributed by atoms with E-state index in [0.717, 1.165) is 11.1 Å². The number of anilines is 1. The van der Waals surface area contributed by atoms with E-state index in [2.05, 4.69) is 5.32 Å². The zero-order valence-electron chi connectivity index (χ0n) is 17.8. The minimum absolute atomic E-state index is 0.0445. The van der Waals surface area contributed by atoms with Gasteiger partial charge in [0.2, 0.25) is 10.0 Å². The smallest absolute Gasteiger partial charge is 0.244 e. The molecule has 34 heavy (non-hydrogen) atoms. The number of benzene rings is 3. The third-order valence-electron chi connectivity index (χ3n) is 5.73. The van der Waals surface area contributed by atoms with Crippen molar-refractivity contribution in [2.45, 2.75) is 35.1 Å². The van der Waals surface area contributed by atoms with Crippen molar-refractivity contribution in [3.8, 4) is 0 Å². The molecule has 6 nitrogen and oxygen atoms in total. The van der Waals surface area contributed by atoms with Crippen molar-refractivity contribution in [1.29, 1.82) is 0 Å². The number of sulfone groups is 1. The van der Waals surface area contributed by atoms with E-state index in [4.69, 9.17) is 5.14 Å². The topological polar surface area (TPSA) is 106 Å². The van der Waals surface area contributed by atoms with Gasteiger partial charge in [-0.25, -0.2) is 35.1 Å². The monoisotopic (exact) mass is 510 g/mol. The molecule has 180 valence electrons. The number of aryl methyl sites for hydroxylation is 1. The molecule has 11 heteroatoms. The summed E-state index contributed by atoms with van der Waals surface area (Å²) in [6.07, 6.45) is 0.655. The van der Waals surface area contributed by atoms with E-state index in [-0.39, 0.29) is 6.42 Å². The number of sulfonamides is 1. The normalized spacial score (nSPS) is 14.2. The molecule has 0 fully saturated rings. The van der Waals surface area contributed by atoms with Crippen LogP contribution in [-0.4, -0.2) is 28.6 Å². The van der Waals surface area contributed by atoms with Gasteiger partial charge in [0.1, 0.15) is 4.90 Å². The molecule has 1 aliphatic carbocycles. The number of hydrogen-bond donors (Lipinski definition) is 2. The summed E-state index contributed by atoms with van der Waals surface area (Å²) in [5.41, 5.74) is 1.52. The molecule has 0 saturated carbocycles. The molecule has 3 aromatic carbocycles. The van der Waals surface area contributed by atoms with Gasteiger partial charge >= 0.3 is 0 Å². The first kappa shape index (κ1) is 24.2. The number of rotatable bonds is 7. The van der Waals surface area contributed by atoms with Crippen LogP contribution in [-0.2, 0) is 39.1 Å². The third-order valence-corrected chi connectivity index (χ3v) is 8.41. The molecule has 0 spiro atoms. The molecule has 3 aromatic rings. The molecule has 4 rings (SSSR count). The number of fused-ring (bicyclic) bond motifs is 1. The molecule has 0 radical (unpaired) electrons. The van der Waals surface area contributed by atoms with Gasteiger partial charge in [-0.3, -0.25) is 0 Å². The van der Waals surface area contributed by atoms with Crippen molar-refractivity contribution in [1.82, 2.24) is 0 Å². The highest BCUT2D eigenvalue weighted by Gasteiger charge is 2.37. The number of halogens is 3. The zero-order valence-corrected chi connectivity index (χ0v) is 19.4. The van der Waals surface area contributed by atoms with Gasteiger partial charge < -0.3 is 5.32 Å². The highest BCUT2D eigenvalue weighted by atomic mass is 32.2. The lowest BCUT2D eigenvalue weighted by molar-refractivity contribution is 0.440. The fourth-order valence-corrected chi connectivity index (χ4v) is 6.38. The SMILES string of the molecule is NS(=O)(=O)c1c(F)c(F)c(S(=O)(=O)CCc2ccccc2)c(NC2Cc3ccccc3C2)c1F. The van der Waals surface area contributed by atoms with Crippen molar-refractivity contribution in [2.24, 2.45) is 5.14 Å². The molecule has 0 aliphatic heterocycles. The van der Waals surface area contributed by atoms with Crippen LogP contribution < -0.4 is 10.5 Å². The number of nitrogens with one attached hydrogen (secondary N) is 1. The van der Waals surface area contributed by atoms with E-state index in [1.807, 2.05) is 12.1 Å². The van der Waals surface area contributed by atoms with E-state index in [0.29, 0.717) is 18.4 Å². The van der Waals surface area contributed by atoms with Gasteiger partial charge in [-0.1, -0.05) is 54.6 Å². The molecular formula is C23H21F3N2O4S2. The van der Waals surface area contributed by atoms with Crippen LogP contribution in [0.2, 0.25) is 0 Å². The van der Waals surface area contributed by atoms with Gasteiger partial charge in [0.15, 0.2) is 32.2 Å². The maximum atomic E-state index is 15.4. The molecule has 0 saturated heterocycles. The molecule has 0 atom stereocenters. The minimum Gasteiger partial charge on any atom is -0.378 e. The Hall–Kier alpha value is -2.89. The first-order valence-electron chi connectivity index (χ1n) is 10.3. The van der Waals surface area contributed by atoms with Gasteiger partial charge in [0.05, 0.1) is 11.4 Å². The molecule has 0 amide bonds. The van der Waals surface area contributed by atoms with E-state index >= 15 is 8.78 Å². The summed E-state index contributed by atoms with van der Waals surface area (Å²) in [5, 5.41) is 7.54. The van der Waals surface area contributed by atoms with Crippen LogP contribution in [0.4, 0.5) is 18.9 Å². The molecule has 0 unspecified atom stereocenters. The van der Waals surface area contributed by atoms with Crippen LogP contribution in [0.5, 0.6) is 0 Å². The van der Waals surface area contributed by atoms with Crippen LogP contribution >= 0.6 is 0 Å². The lowest BCUT2D eigenvalue weighted by Crippen LogP contribution is -2.27. The second-order valence-electron chi connectivity index (χ2n) is 8.09. The van der Waals surface area contributed by atoms with Gasteiger partial charge in [0.25, 0.3) is 0 Å². The van der Waals surface area contributed by atoms with Crippen molar-refractivity contribution < 1.29 is 30.0 Å². The molecule has 0 aromatic heterocycles. The predicted octanol–water partition coefficient (Wildman–Crippen LogP) is 3.35. The maximum absolute atomic E-state index is 15.4. The fourth-order valence-electron chi connectivity index (χ4n) is 4.15. The lowest BCUT2D eigenvalue weighted by atomic mass is 10.1. The highest BCUT2D eigenvalue weighted by molar-refractivity contribution is 7.91. The van der Waals surface area contributed by atoms with Crippen LogP contribution in [0.3, 0.4) is 0 Å². The second kappa shape index (κ2) is 9.05. The summed E-state index contributed by atoms with van der Waals surface area (Å²) in [6, 6.07) is 15.1. The lowest BCUT2D eigenvalue weighted by Gasteiger charge is -2.20. The Kier molecular flexibility index (Phi) is 6.45. The Balaban J connectivity index is 1.80. The number of nitrogens with two attached hydrogens (primary N) is 1. The summed E-state index contributed by atoms with van der Waals surface area (Å²) < 4.78 is 95.0. The Labute approximate surface area is 195 Å². The highest BCUT2D eigenvalue weighted by Crippen LogP contribution is 2.37. The molecule has 1 aliphatic rings. The van der Waals surface area contributed by atoms with Gasteiger partial charge in [-0.05, 0) is 36.0 Å². The Morgan fingerprint density at radius 2 is 1.32 bits per heavy atom. The van der Waals surface area contributed by atoms with E-state index in [9.17, 15) is 21.2 Å². The maximum Gasteiger partial charge on any atom is 0.244 e. The first-order chi connectivity index (χ1) is 16.0. The van der Waals surface area contributed by atoms with Crippen molar-refractivity contribution in [2.75, 3.05) is 11.1 Å². The zero-order chi connectivity index (χ0) is 24.7. The van der Waals surface area contributed by atoms with Crippen molar-refractivity contribution in [3.05, 3.63) is 88.7 Å². The van der Waals surface area contributed by atoms with Crippen molar-refractivity contribution in [3.63, 3.8) is 0 Å². The average molecular weight is 511 g/mol. The van der Waals surface area contributed by atoms with Crippen LogP contribution in [0.25, 0.3) is 0 Å². The van der Waals surface area contributed by atoms with Gasteiger partial charge in [-0.15, -0.1) is 0 Å². The van der Waals surface area contributed by atoms with Crippen LogP contribution in [0.15, 0.2) is 64.4 Å². The van der Waals surface area contributed by atoms with Crippen LogP contribution in [0.1, 0.15) is 16.7 Å². The molecular weight excluding hydrogens is 489 g/mol. The number of hydrogen-bond acceptors (Lipinski definition) is 5. The largest absolute Gasteiger partial charge is 0.378 e. The Morgan fingerprint density at radius 1 is 0.794 bits per heavy atom. The van der Waals surface area contributed by atoms with Gasteiger partial charge in [0, 0.05) is 6.04 Å². The Bertz CT molecular complexity index is 1440. The van der Waals surface area contributed by atoms with E-state index < -0.39 is 64.6 Å². The predicted molar refractivity (Wildman–Crippen MR) is 121 cm³/mol. The second-order valence-corrected chi connectivity index (χ2v) is 11.6. The average Bonchev–Trinajstić information content (AvgIpc) is 3.18. The summed E-state index contributed by atoms with van der Waals surface area (Å²) >= 11 is 0. The molecule has 0 heterocycles. The van der Waals surface area contributed by atoms with E-state index in [1.54, 1.807) is 42.5 Å². The molecule has 3 N–H and O–H groups in total. The van der Waals surface area contributed by atoms with Gasteiger partial charge in [-0.2, -0.15) is 0 Å². The number of primary sulfonamides is 1. The van der Waals surface area contributed by atoms with Crippen LogP contribution in [0, 0.1) is 17.5 Å².